The molecule has 3 heteroatoms. The molecule has 1 aromatic rings. The minimum Gasteiger partial charge on any atom is -0.381 e. The van der Waals surface area contributed by atoms with Crippen LogP contribution in [0.15, 0.2) is 18.2 Å². The maximum Gasteiger partial charge on any atom is 0.0786 e. The van der Waals surface area contributed by atoms with Gasteiger partial charge in [-0.25, -0.2) is 0 Å². The van der Waals surface area contributed by atoms with Gasteiger partial charge in [0.15, 0.2) is 0 Å². The van der Waals surface area contributed by atoms with Crippen LogP contribution in [0.1, 0.15) is 20.3 Å². The van der Waals surface area contributed by atoms with Crippen LogP contribution in [-0.2, 0) is 0 Å². The number of para-hydroxylation sites is 1. The Bertz CT molecular complexity index is 323. The highest BCUT2D eigenvalue weighted by molar-refractivity contribution is 6.34. The first-order valence-electron chi connectivity index (χ1n) is 5.28. The molecule has 2 nitrogen and oxygen atoms in total. The van der Waals surface area contributed by atoms with E-state index in [2.05, 4.69) is 25.2 Å². The summed E-state index contributed by atoms with van der Waals surface area (Å²) in [6.07, 6.45) is 1.10. The summed E-state index contributed by atoms with van der Waals surface area (Å²) in [6.45, 7) is 4.33. The van der Waals surface area contributed by atoms with Crippen LogP contribution in [0.2, 0.25) is 5.02 Å². The van der Waals surface area contributed by atoms with E-state index in [9.17, 15) is 0 Å². The van der Waals surface area contributed by atoms with Gasteiger partial charge in [-0.15, -0.1) is 0 Å². The number of benzene rings is 1. The van der Waals surface area contributed by atoms with Crippen LogP contribution < -0.4 is 10.2 Å². The first kappa shape index (κ1) is 12.2. The molecular formula is C12H19ClN2. The van der Waals surface area contributed by atoms with E-state index in [1.54, 1.807) is 0 Å². The van der Waals surface area contributed by atoms with Gasteiger partial charge in [-0.1, -0.05) is 24.6 Å². The molecular weight excluding hydrogens is 208 g/mol. The van der Waals surface area contributed by atoms with E-state index in [4.69, 9.17) is 11.6 Å². The van der Waals surface area contributed by atoms with Crippen LogP contribution in [0.3, 0.4) is 0 Å². The predicted octanol–water partition coefficient (Wildman–Crippen LogP) is 3.62. The zero-order chi connectivity index (χ0) is 11.4. The maximum absolute atomic E-state index is 6.17. The van der Waals surface area contributed by atoms with Gasteiger partial charge in [0.1, 0.15) is 0 Å². The van der Waals surface area contributed by atoms with E-state index in [1.165, 1.54) is 0 Å². The van der Waals surface area contributed by atoms with Crippen molar-refractivity contribution in [1.82, 2.24) is 0 Å². The molecule has 1 atom stereocenters. The summed E-state index contributed by atoms with van der Waals surface area (Å²) in [5.74, 6) is 0. The molecule has 0 aliphatic carbocycles. The van der Waals surface area contributed by atoms with Gasteiger partial charge in [0, 0.05) is 20.1 Å². The van der Waals surface area contributed by atoms with Gasteiger partial charge in [-0.2, -0.15) is 0 Å². The van der Waals surface area contributed by atoms with E-state index in [0.717, 1.165) is 22.8 Å². The van der Waals surface area contributed by atoms with Crippen LogP contribution in [0, 0.1) is 0 Å². The Hall–Kier alpha value is -0.890. The summed E-state index contributed by atoms with van der Waals surface area (Å²) in [5.41, 5.74) is 2.15. The molecule has 0 saturated carbocycles. The number of anilines is 2. The summed E-state index contributed by atoms with van der Waals surface area (Å²) < 4.78 is 0. The molecule has 0 fully saturated rings. The first-order valence-corrected chi connectivity index (χ1v) is 5.66. The number of halogens is 1. The molecule has 1 N–H and O–H groups in total. The van der Waals surface area contributed by atoms with Crippen LogP contribution in [-0.4, -0.2) is 20.1 Å². The van der Waals surface area contributed by atoms with Crippen molar-refractivity contribution in [3.8, 4) is 0 Å². The van der Waals surface area contributed by atoms with Crippen LogP contribution >= 0.6 is 11.6 Å². The molecule has 0 bridgehead atoms. The van der Waals surface area contributed by atoms with Gasteiger partial charge in [-0.05, 0) is 25.5 Å². The molecule has 84 valence electrons. The standard InChI is InChI=1S/C12H19ClN2/c1-5-9(2)14-11-8-6-7-10(13)12(11)15(3)4/h6-9,14H,5H2,1-4H3. The van der Waals surface area contributed by atoms with Gasteiger partial charge in [0.25, 0.3) is 0 Å². The lowest BCUT2D eigenvalue weighted by Crippen LogP contribution is -2.18. The fourth-order valence-electron chi connectivity index (χ4n) is 1.45. The molecule has 1 rings (SSSR count). The summed E-state index contributed by atoms with van der Waals surface area (Å²) in [4.78, 5) is 2.03. The second-order valence-corrected chi connectivity index (χ2v) is 4.39. The van der Waals surface area contributed by atoms with Crippen molar-refractivity contribution < 1.29 is 0 Å². The maximum atomic E-state index is 6.17. The van der Waals surface area contributed by atoms with Crippen LogP contribution in [0.5, 0.6) is 0 Å². The topological polar surface area (TPSA) is 15.3 Å². The summed E-state index contributed by atoms with van der Waals surface area (Å²) >= 11 is 6.17. The van der Waals surface area contributed by atoms with Crippen molar-refractivity contribution in [2.75, 3.05) is 24.3 Å². The number of nitrogens with one attached hydrogen (secondary N) is 1. The average Bonchev–Trinajstić information content (AvgIpc) is 2.17. The van der Waals surface area contributed by atoms with E-state index in [0.29, 0.717) is 6.04 Å². The van der Waals surface area contributed by atoms with Gasteiger partial charge in [0.2, 0.25) is 0 Å². The third kappa shape index (κ3) is 3.03. The highest BCUT2D eigenvalue weighted by Gasteiger charge is 2.09. The average molecular weight is 227 g/mol. The molecule has 0 aromatic heterocycles. The van der Waals surface area contributed by atoms with Gasteiger partial charge < -0.3 is 10.2 Å². The Balaban J connectivity index is 3.00. The smallest absolute Gasteiger partial charge is 0.0786 e. The minimum atomic E-state index is 0.460. The number of rotatable bonds is 4. The Morgan fingerprint density at radius 3 is 2.60 bits per heavy atom. The summed E-state index contributed by atoms with van der Waals surface area (Å²) in [7, 11) is 4.01. The minimum absolute atomic E-state index is 0.460. The second kappa shape index (κ2) is 5.26. The highest BCUT2D eigenvalue weighted by Crippen LogP contribution is 2.32. The molecule has 0 heterocycles. The van der Waals surface area contributed by atoms with Crippen molar-refractivity contribution in [3.63, 3.8) is 0 Å². The molecule has 1 unspecified atom stereocenters. The molecule has 1 aromatic carbocycles. The zero-order valence-corrected chi connectivity index (χ0v) is 10.6. The van der Waals surface area contributed by atoms with Crippen molar-refractivity contribution in [2.45, 2.75) is 26.3 Å². The first-order chi connectivity index (χ1) is 7.06. The largest absolute Gasteiger partial charge is 0.381 e. The summed E-state index contributed by atoms with van der Waals surface area (Å²) in [6, 6.07) is 6.41. The van der Waals surface area contributed by atoms with Crippen LogP contribution in [0.4, 0.5) is 11.4 Å². The zero-order valence-electron chi connectivity index (χ0n) is 9.84. The molecule has 0 aliphatic rings. The van der Waals surface area contributed by atoms with Crippen molar-refractivity contribution in [1.29, 1.82) is 0 Å². The normalized spacial score (nSPS) is 12.3. The lowest BCUT2D eigenvalue weighted by Gasteiger charge is -2.22. The van der Waals surface area contributed by atoms with Crippen molar-refractivity contribution >= 4 is 23.0 Å². The van der Waals surface area contributed by atoms with Gasteiger partial charge >= 0.3 is 0 Å². The predicted molar refractivity (Wildman–Crippen MR) is 69.2 cm³/mol. The fraction of sp³-hybridized carbons (Fsp3) is 0.500. The van der Waals surface area contributed by atoms with E-state index in [1.807, 2.05) is 31.1 Å². The monoisotopic (exact) mass is 226 g/mol. The lowest BCUT2D eigenvalue weighted by atomic mass is 10.2. The molecule has 0 amide bonds. The number of hydrogen-bond donors (Lipinski definition) is 1. The highest BCUT2D eigenvalue weighted by atomic mass is 35.5. The van der Waals surface area contributed by atoms with E-state index < -0.39 is 0 Å². The number of nitrogens with zero attached hydrogens (tertiary/aromatic N) is 1. The second-order valence-electron chi connectivity index (χ2n) is 3.98. The molecule has 0 saturated heterocycles. The van der Waals surface area contributed by atoms with E-state index in [-0.39, 0.29) is 0 Å². The Morgan fingerprint density at radius 2 is 2.07 bits per heavy atom. The Kier molecular flexibility index (Phi) is 4.28. The van der Waals surface area contributed by atoms with Gasteiger partial charge in [0.05, 0.1) is 16.4 Å². The van der Waals surface area contributed by atoms with E-state index >= 15 is 0 Å². The Labute approximate surface area is 97.2 Å². The van der Waals surface area contributed by atoms with Crippen LogP contribution in [0.25, 0.3) is 0 Å². The molecule has 0 radical (unpaired) electrons. The SMILES string of the molecule is CCC(C)Nc1cccc(Cl)c1N(C)C. The quantitative estimate of drug-likeness (QED) is 0.844. The fourth-order valence-corrected chi connectivity index (χ4v) is 1.80. The molecule has 15 heavy (non-hydrogen) atoms. The molecule has 0 aliphatic heterocycles. The lowest BCUT2D eigenvalue weighted by molar-refractivity contribution is 0.763. The Morgan fingerprint density at radius 1 is 1.40 bits per heavy atom. The third-order valence-electron chi connectivity index (χ3n) is 2.45. The number of hydrogen-bond acceptors (Lipinski definition) is 2. The van der Waals surface area contributed by atoms with Gasteiger partial charge in [-0.3, -0.25) is 0 Å². The summed E-state index contributed by atoms with van der Waals surface area (Å²) in [5, 5.41) is 4.24. The van der Waals surface area contributed by atoms with Crippen molar-refractivity contribution in [3.05, 3.63) is 23.2 Å². The third-order valence-corrected chi connectivity index (χ3v) is 2.75. The molecule has 0 spiro atoms. The van der Waals surface area contributed by atoms with Crippen molar-refractivity contribution in [2.24, 2.45) is 0 Å².